The molecule has 0 aliphatic carbocycles. The number of amides is 1. The van der Waals surface area contributed by atoms with Gasteiger partial charge in [-0.15, -0.1) is 0 Å². The number of likely N-dealkylation sites (N-methyl/N-ethyl adjacent to an activating group) is 1. The summed E-state index contributed by atoms with van der Waals surface area (Å²) in [7, 11) is 1.69. The molecule has 1 fully saturated rings. The molecule has 1 N–H and O–H groups in total. The van der Waals surface area contributed by atoms with Crippen LogP contribution < -0.4 is 5.32 Å². The second-order valence-corrected chi connectivity index (χ2v) is 7.56. The van der Waals surface area contributed by atoms with Crippen molar-refractivity contribution in [3.8, 4) is 0 Å². The fraction of sp³-hybridized carbons (Fsp3) is 0.947. The van der Waals surface area contributed by atoms with E-state index in [-0.39, 0.29) is 6.09 Å². The molecular formula is C19H38N2O6. The molecule has 0 unspecified atom stereocenters. The third kappa shape index (κ3) is 13.8. The molecule has 0 atom stereocenters. The van der Waals surface area contributed by atoms with E-state index in [1.807, 2.05) is 20.8 Å². The van der Waals surface area contributed by atoms with Crippen LogP contribution in [0.4, 0.5) is 4.79 Å². The quantitative estimate of drug-likeness (QED) is 0.479. The SMILES string of the molecule is CN(CCOCCOCCOCCOC1CCNCC1)C(=O)OC(C)(C)C. The Hall–Kier alpha value is -0.930. The average Bonchev–Trinajstić information content (AvgIpc) is 2.62. The van der Waals surface area contributed by atoms with Crippen LogP contribution in [0.15, 0.2) is 0 Å². The molecule has 1 aliphatic rings. The summed E-state index contributed by atoms with van der Waals surface area (Å²) in [5.41, 5.74) is -0.485. The first-order valence-corrected chi connectivity index (χ1v) is 9.88. The van der Waals surface area contributed by atoms with Crippen LogP contribution in [-0.4, -0.2) is 95.6 Å². The summed E-state index contributed by atoms with van der Waals surface area (Å²) >= 11 is 0. The fourth-order valence-corrected chi connectivity index (χ4v) is 2.41. The highest BCUT2D eigenvalue weighted by Crippen LogP contribution is 2.09. The smallest absolute Gasteiger partial charge is 0.410 e. The molecule has 0 aromatic carbocycles. The molecule has 1 amide bonds. The molecule has 27 heavy (non-hydrogen) atoms. The van der Waals surface area contributed by atoms with E-state index in [0.717, 1.165) is 25.9 Å². The van der Waals surface area contributed by atoms with Crippen molar-refractivity contribution in [1.29, 1.82) is 0 Å². The first kappa shape index (κ1) is 24.1. The molecule has 160 valence electrons. The normalized spacial score (nSPS) is 15.7. The summed E-state index contributed by atoms with van der Waals surface area (Å²) in [6, 6.07) is 0. The topological polar surface area (TPSA) is 78.5 Å². The molecule has 1 aliphatic heterocycles. The third-order valence-corrected chi connectivity index (χ3v) is 3.89. The number of nitrogens with one attached hydrogen (secondary N) is 1. The Kier molecular flexibility index (Phi) is 12.6. The van der Waals surface area contributed by atoms with Gasteiger partial charge in [-0.2, -0.15) is 0 Å². The Balaban J connectivity index is 1.81. The van der Waals surface area contributed by atoms with Crippen molar-refractivity contribution >= 4 is 6.09 Å². The maximum absolute atomic E-state index is 11.8. The van der Waals surface area contributed by atoms with E-state index in [2.05, 4.69) is 5.32 Å². The van der Waals surface area contributed by atoms with Crippen molar-refractivity contribution in [1.82, 2.24) is 10.2 Å². The molecule has 8 heteroatoms. The minimum atomic E-state index is -0.485. The van der Waals surface area contributed by atoms with E-state index in [9.17, 15) is 4.79 Å². The number of nitrogens with zero attached hydrogens (tertiary/aromatic N) is 1. The molecule has 1 heterocycles. The van der Waals surface area contributed by atoms with Crippen LogP contribution in [0, 0.1) is 0 Å². The maximum Gasteiger partial charge on any atom is 0.410 e. The zero-order valence-corrected chi connectivity index (χ0v) is 17.5. The minimum Gasteiger partial charge on any atom is -0.444 e. The maximum atomic E-state index is 11.8. The number of carbonyl (C=O) groups excluding carboxylic acids is 1. The summed E-state index contributed by atoms with van der Waals surface area (Å²) in [5, 5.41) is 3.32. The van der Waals surface area contributed by atoms with Gasteiger partial charge in [-0.3, -0.25) is 0 Å². The zero-order valence-electron chi connectivity index (χ0n) is 17.5. The van der Waals surface area contributed by atoms with E-state index in [0.29, 0.717) is 58.9 Å². The van der Waals surface area contributed by atoms with Crippen LogP contribution in [0.1, 0.15) is 33.6 Å². The van der Waals surface area contributed by atoms with Crippen molar-refractivity contribution in [3.05, 3.63) is 0 Å². The van der Waals surface area contributed by atoms with Gasteiger partial charge >= 0.3 is 6.09 Å². The van der Waals surface area contributed by atoms with Crippen molar-refractivity contribution in [2.24, 2.45) is 0 Å². The van der Waals surface area contributed by atoms with Crippen molar-refractivity contribution < 1.29 is 28.5 Å². The molecule has 0 saturated carbocycles. The van der Waals surface area contributed by atoms with Crippen LogP contribution in [0.25, 0.3) is 0 Å². The monoisotopic (exact) mass is 390 g/mol. The lowest BCUT2D eigenvalue weighted by Crippen LogP contribution is -2.36. The third-order valence-electron chi connectivity index (χ3n) is 3.89. The van der Waals surface area contributed by atoms with Gasteiger partial charge in [0.05, 0.1) is 52.4 Å². The van der Waals surface area contributed by atoms with E-state index in [4.69, 9.17) is 23.7 Å². The van der Waals surface area contributed by atoms with Crippen LogP contribution in [0.3, 0.4) is 0 Å². The summed E-state index contributed by atoms with van der Waals surface area (Å²) < 4.78 is 27.4. The van der Waals surface area contributed by atoms with E-state index in [1.165, 1.54) is 4.90 Å². The lowest BCUT2D eigenvalue weighted by atomic mass is 10.1. The van der Waals surface area contributed by atoms with E-state index < -0.39 is 5.60 Å². The van der Waals surface area contributed by atoms with Crippen LogP contribution in [-0.2, 0) is 23.7 Å². The second-order valence-electron chi connectivity index (χ2n) is 7.56. The van der Waals surface area contributed by atoms with Gasteiger partial charge in [-0.25, -0.2) is 4.79 Å². The van der Waals surface area contributed by atoms with Gasteiger partial charge in [0.2, 0.25) is 0 Å². The summed E-state index contributed by atoms with van der Waals surface area (Å²) in [5.74, 6) is 0. The first-order valence-electron chi connectivity index (χ1n) is 9.88. The molecule has 0 aromatic rings. The molecule has 0 bridgehead atoms. The predicted octanol–water partition coefficient (Wildman–Crippen LogP) is 1.67. The number of piperidine rings is 1. The fourth-order valence-electron chi connectivity index (χ4n) is 2.41. The molecule has 0 spiro atoms. The van der Waals surface area contributed by atoms with Crippen LogP contribution in [0.5, 0.6) is 0 Å². The number of hydrogen-bond acceptors (Lipinski definition) is 7. The number of hydrogen-bond donors (Lipinski definition) is 1. The number of rotatable bonds is 13. The number of carbonyl (C=O) groups is 1. The van der Waals surface area contributed by atoms with Gasteiger partial charge in [0.1, 0.15) is 5.60 Å². The van der Waals surface area contributed by atoms with Gasteiger partial charge in [0.25, 0.3) is 0 Å². The van der Waals surface area contributed by atoms with Gasteiger partial charge in [0.15, 0.2) is 0 Å². The predicted molar refractivity (Wildman–Crippen MR) is 103 cm³/mol. The summed E-state index contributed by atoms with van der Waals surface area (Å²) in [4.78, 5) is 13.3. The van der Waals surface area contributed by atoms with Gasteiger partial charge in [0, 0.05) is 13.6 Å². The Morgan fingerprint density at radius 1 is 0.926 bits per heavy atom. The Labute approximate surface area is 163 Å². The molecule has 0 radical (unpaired) electrons. The highest BCUT2D eigenvalue weighted by atomic mass is 16.6. The summed E-state index contributed by atoms with van der Waals surface area (Å²) in [6.07, 6.45) is 2.19. The lowest BCUT2D eigenvalue weighted by Gasteiger charge is -2.24. The standard InChI is InChI=1S/C19H38N2O6/c1-19(2,3)27-18(22)21(4)9-10-23-11-12-24-13-14-25-15-16-26-17-5-7-20-8-6-17/h17,20H,5-16H2,1-4H3. The molecule has 1 saturated heterocycles. The zero-order chi connectivity index (χ0) is 20.0. The Bertz CT molecular complexity index is 383. The van der Waals surface area contributed by atoms with E-state index >= 15 is 0 Å². The minimum absolute atomic E-state index is 0.344. The van der Waals surface area contributed by atoms with E-state index in [1.54, 1.807) is 7.05 Å². The highest BCUT2D eigenvalue weighted by Gasteiger charge is 2.19. The summed E-state index contributed by atoms with van der Waals surface area (Å²) in [6.45, 7) is 11.9. The van der Waals surface area contributed by atoms with Crippen molar-refractivity contribution in [3.63, 3.8) is 0 Å². The average molecular weight is 391 g/mol. The molecule has 1 rings (SSSR count). The Morgan fingerprint density at radius 3 is 2.00 bits per heavy atom. The number of ether oxygens (including phenoxy) is 5. The van der Waals surface area contributed by atoms with Gasteiger partial charge < -0.3 is 33.9 Å². The van der Waals surface area contributed by atoms with Crippen molar-refractivity contribution in [2.45, 2.75) is 45.3 Å². The molecule has 0 aromatic heterocycles. The molecule has 8 nitrogen and oxygen atoms in total. The first-order chi connectivity index (χ1) is 12.9. The van der Waals surface area contributed by atoms with Gasteiger partial charge in [-0.05, 0) is 46.7 Å². The second kappa shape index (κ2) is 14.1. The largest absolute Gasteiger partial charge is 0.444 e. The lowest BCUT2D eigenvalue weighted by molar-refractivity contribution is -0.0259. The highest BCUT2D eigenvalue weighted by molar-refractivity contribution is 5.67. The van der Waals surface area contributed by atoms with Crippen LogP contribution in [0.2, 0.25) is 0 Å². The van der Waals surface area contributed by atoms with Crippen molar-refractivity contribution in [2.75, 3.05) is 72.9 Å². The Morgan fingerprint density at radius 2 is 1.44 bits per heavy atom. The molecular weight excluding hydrogens is 352 g/mol. The van der Waals surface area contributed by atoms with Crippen LogP contribution >= 0.6 is 0 Å². The van der Waals surface area contributed by atoms with Gasteiger partial charge in [-0.1, -0.05) is 0 Å².